The first-order valence-corrected chi connectivity index (χ1v) is 6.15. The molecular weight excluding hydrogens is 234 g/mol. The number of carbonyl (C=O) groups excluding carboxylic acids is 1. The van der Waals surface area contributed by atoms with Gasteiger partial charge in [-0.3, -0.25) is 13.8 Å². The summed E-state index contributed by atoms with van der Waals surface area (Å²) in [5.74, 6) is -1.91. The molecule has 6 nitrogen and oxygen atoms in total. The van der Waals surface area contributed by atoms with Gasteiger partial charge in [0.05, 0.1) is 6.61 Å². The van der Waals surface area contributed by atoms with Gasteiger partial charge in [-0.2, -0.15) is 0 Å². The number of amides is 1. The predicted molar refractivity (Wildman–Crippen MR) is 59.6 cm³/mol. The van der Waals surface area contributed by atoms with Gasteiger partial charge in [0, 0.05) is 24.0 Å². The molecule has 0 aliphatic carbocycles. The number of hydrogen-bond donors (Lipinski definition) is 2. The second kappa shape index (κ2) is 7.34. The van der Waals surface area contributed by atoms with E-state index in [0.29, 0.717) is 6.61 Å². The van der Waals surface area contributed by atoms with E-state index in [1.807, 2.05) is 0 Å². The highest BCUT2D eigenvalue weighted by molar-refractivity contribution is 7.87. The van der Waals surface area contributed by atoms with Crippen LogP contribution in [-0.4, -0.2) is 52.0 Å². The number of aliphatic carboxylic acids is 1. The third-order valence-corrected chi connectivity index (χ3v) is 3.38. The molecule has 0 aromatic carbocycles. The summed E-state index contributed by atoms with van der Waals surface area (Å²) in [4.78, 5) is 21.8. The fourth-order valence-electron chi connectivity index (χ4n) is 0.975. The van der Waals surface area contributed by atoms with Crippen molar-refractivity contribution in [1.29, 1.82) is 0 Å². The minimum Gasteiger partial charge on any atom is -0.480 e. The molecular formula is C9H17NO5S. The van der Waals surface area contributed by atoms with Crippen LogP contribution >= 0.6 is 0 Å². The standard InChI is InChI=1S/C9H17NO5S/c1-6(4-15-3)10-8(11)5-16(14)7(2)9(12)13/h6-7H,4-5H2,1-3H3,(H,10,11)(H,12,13). The van der Waals surface area contributed by atoms with Crippen molar-refractivity contribution in [2.24, 2.45) is 0 Å². The van der Waals surface area contributed by atoms with Crippen LogP contribution in [0.25, 0.3) is 0 Å². The van der Waals surface area contributed by atoms with Crippen LogP contribution in [0.15, 0.2) is 0 Å². The van der Waals surface area contributed by atoms with Gasteiger partial charge < -0.3 is 15.2 Å². The lowest BCUT2D eigenvalue weighted by Crippen LogP contribution is -2.40. The van der Waals surface area contributed by atoms with Gasteiger partial charge in [0.1, 0.15) is 11.0 Å². The number of hydrogen-bond acceptors (Lipinski definition) is 4. The molecule has 2 N–H and O–H groups in total. The molecule has 3 atom stereocenters. The zero-order valence-electron chi connectivity index (χ0n) is 9.56. The summed E-state index contributed by atoms with van der Waals surface area (Å²) in [5.41, 5.74) is 0. The quantitative estimate of drug-likeness (QED) is 0.628. The second-order valence-electron chi connectivity index (χ2n) is 3.43. The van der Waals surface area contributed by atoms with Gasteiger partial charge in [-0.1, -0.05) is 0 Å². The first-order valence-electron chi connectivity index (χ1n) is 4.76. The Balaban J connectivity index is 4.05. The first-order chi connectivity index (χ1) is 7.38. The first kappa shape index (κ1) is 15.0. The molecule has 0 aromatic rings. The monoisotopic (exact) mass is 251 g/mol. The van der Waals surface area contributed by atoms with Gasteiger partial charge in [-0.25, -0.2) is 0 Å². The Morgan fingerprint density at radius 2 is 2.00 bits per heavy atom. The summed E-state index contributed by atoms with van der Waals surface area (Å²) in [7, 11) is -0.190. The summed E-state index contributed by atoms with van der Waals surface area (Å²) >= 11 is 0. The van der Waals surface area contributed by atoms with Crippen LogP contribution < -0.4 is 5.32 Å². The van der Waals surface area contributed by atoms with E-state index in [2.05, 4.69) is 5.32 Å². The Morgan fingerprint density at radius 3 is 2.44 bits per heavy atom. The number of rotatable bonds is 7. The lowest BCUT2D eigenvalue weighted by Gasteiger charge is -2.13. The number of carboxylic acid groups (broad SMARTS) is 1. The molecule has 94 valence electrons. The number of nitrogens with one attached hydrogen (secondary N) is 1. The largest absolute Gasteiger partial charge is 0.480 e. The topological polar surface area (TPSA) is 92.7 Å². The van der Waals surface area contributed by atoms with Crippen LogP contribution in [-0.2, 0) is 25.1 Å². The lowest BCUT2D eigenvalue weighted by atomic mass is 10.3. The molecule has 0 radical (unpaired) electrons. The van der Waals surface area contributed by atoms with Gasteiger partial charge in [-0.15, -0.1) is 0 Å². The molecule has 0 spiro atoms. The van der Waals surface area contributed by atoms with Crippen molar-refractivity contribution in [3.05, 3.63) is 0 Å². The highest BCUT2D eigenvalue weighted by atomic mass is 32.2. The molecule has 0 aliphatic heterocycles. The number of carboxylic acids is 1. The highest BCUT2D eigenvalue weighted by Gasteiger charge is 2.21. The maximum atomic E-state index is 11.4. The Bertz CT molecular complexity index is 281. The molecule has 0 fully saturated rings. The third kappa shape index (κ3) is 5.82. The molecule has 0 heterocycles. The van der Waals surface area contributed by atoms with Crippen molar-refractivity contribution >= 4 is 22.7 Å². The van der Waals surface area contributed by atoms with Crippen molar-refractivity contribution < 1.29 is 23.6 Å². The lowest BCUT2D eigenvalue weighted by molar-refractivity contribution is -0.136. The van der Waals surface area contributed by atoms with Crippen LogP contribution in [0.2, 0.25) is 0 Å². The van der Waals surface area contributed by atoms with E-state index in [4.69, 9.17) is 9.84 Å². The summed E-state index contributed by atoms with van der Waals surface area (Å²) in [6, 6.07) is -0.186. The number of ether oxygens (including phenoxy) is 1. The number of methoxy groups -OCH3 is 1. The normalized spacial score (nSPS) is 16.2. The van der Waals surface area contributed by atoms with Crippen LogP contribution in [0.1, 0.15) is 13.8 Å². The van der Waals surface area contributed by atoms with Gasteiger partial charge in [0.25, 0.3) is 0 Å². The van der Waals surface area contributed by atoms with Crippen LogP contribution in [0.5, 0.6) is 0 Å². The van der Waals surface area contributed by atoms with Crippen LogP contribution in [0, 0.1) is 0 Å². The van der Waals surface area contributed by atoms with Gasteiger partial charge in [-0.05, 0) is 13.8 Å². The van der Waals surface area contributed by atoms with E-state index in [0.717, 1.165) is 0 Å². The van der Waals surface area contributed by atoms with E-state index < -0.39 is 27.9 Å². The highest BCUT2D eigenvalue weighted by Crippen LogP contribution is 1.96. The van der Waals surface area contributed by atoms with Crippen molar-refractivity contribution in [2.45, 2.75) is 25.1 Å². The van der Waals surface area contributed by atoms with Gasteiger partial charge in [0.15, 0.2) is 0 Å². The second-order valence-corrected chi connectivity index (χ2v) is 5.19. The molecule has 0 aromatic heterocycles. The molecule has 0 bridgehead atoms. The molecule has 7 heteroatoms. The van der Waals surface area contributed by atoms with E-state index in [-0.39, 0.29) is 11.8 Å². The fraction of sp³-hybridized carbons (Fsp3) is 0.778. The van der Waals surface area contributed by atoms with E-state index >= 15 is 0 Å². The van der Waals surface area contributed by atoms with Crippen molar-refractivity contribution in [3.63, 3.8) is 0 Å². The molecule has 0 rings (SSSR count). The Morgan fingerprint density at radius 1 is 1.44 bits per heavy atom. The summed E-state index contributed by atoms with van der Waals surface area (Å²) in [6.45, 7) is 3.40. The minimum atomic E-state index is -1.70. The van der Waals surface area contributed by atoms with Crippen molar-refractivity contribution in [1.82, 2.24) is 5.32 Å². The average molecular weight is 251 g/mol. The van der Waals surface area contributed by atoms with Gasteiger partial charge in [0.2, 0.25) is 5.91 Å². The summed E-state index contributed by atoms with van der Waals surface area (Å²) in [5, 5.41) is 10.1. The SMILES string of the molecule is COCC(C)NC(=O)CS(=O)C(C)C(=O)O. The Hall–Kier alpha value is -0.950. The molecule has 0 aliphatic rings. The third-order valence-electron chi connectivity index (χ3n) is 1.84. The average Bonchev–Trinajstić information content (AvgIpc) is 2.16. The summed E-state index contributed by atoms with van der Waals surface area (Å²) in [6.07, 6.45) is 0. The molecule has 0 saturated carbocycles. The fourth-order valence-corrected chi connectivity index (χ4v) is 1.79. The maximum Gasteiger partial charge on any atom is 0.318 e. The maximum absolute atomic E-state index is 11.4. The van der Waals surface area contributed by atoms with Gasteiger partial charge >= 0.3 is 5.97 Å². The predicted octanol–water partition coefficient (Wildman–Crippen LogP) is -0.641. The molecule has 16 heavy (non-hydrogen) atoms. The number of carbonyl (C=O) groups is 2. The minimum absolute atomic E-state index is 0.186. The van der Waals surface area contributed by atoms with Crippen molar-refractivity contribution in [3.8, 4) is 0 Å². The zero-order valence-corrected chi connectivity index (χ0v) is 10.4. The Kier molecular flexibility index (Phi) is 6.91. The Labute approximate surface area is 96.8 Å². The van der Waals surface area contributed by atoms with Crippen molar-refractivity contribution in [2.75, 3.05) is 19.5 Å². The van der Waals surface area contributed by atoms with E-state index in [1.54, 1.807) is 6.92 Å². The zero-order chi connectivity index (χ0) is 12.7. The van der Waals surface area contributed by atoms with E-state index in [1.165, 1.54) is 14.0 Å². The smallest absolute Gasteiger partial charge is 0.318 e. The van der Waals surface area contributed by atoms with Crippen LogP contribution in [0.3, 0.4) is 0 Å². The molecule has 3 unspecified atom stereocenters. The van der Waals surface area contributed by atoms with Crippen LogP contribution in [0.4, 0.5) is 0 Å². The van der Waals surface area contributed by atoms with E-state index in [9.17, 15) is 13.8 Å². The molecule has 0 saturated heterocycles. The summed E-state index contributed by atoms with van der Waals surface area (Å²) < 4.78 is 16.2. The molecule has 1 amide bonds.